The molecule has 4 N–H and O–H groups in total. The molecule has 0 aliphatic carbocycles. The van der Waals surface area contributed by atoms with E-state index in [0.29, 0.717) is 18.0 Å². The molecular weight excluding hydrogens is 194 g/mol. The molecule has 5 nitrogen and oxygen atoms in total. The molecule has 0 unspecified atom stereocenters. The van der Waals surface area contributed by atoms with Crippen LogP contribution in [0.3, 0.4) is 0 Å². The van der Waals surface area contributed by atoms with Gasteiger partial charge in [0.15, 0.2) is 0 Å². The lowest BCUT2D eigenvalue weighted by Gasteiger charge is -2.13. The fourth-order valence-electron chi connectivity index (χ4n) is 1.18. The summed E-state index contributed by atoms with van der Waals surface area (Å²) >= 11 is 0. The van der Waals surface area contributed by atoms with E-state index < -0.39 is 0 Å². The zero-order chi connectivity index (χ0) is 11.3. The summed E-state index contributed by atoms with van der Waals surface area (Å²) in [6.07, 6.45) is 0.604. The quantitative estimate of drug-likeness (QED) is 0.389. The van der Waals surface area contributed by atoms with Crippen molar-refractivity contribution in [2.75, 3.05) is 13.7 Å². The van der Waals surface area contributed by atoms with Crippen LogP contribution in [-0.4, -0.2) is 29.9 Å². The van der Waals surface area contributed by atoms with Gasteiger partial charge < -0.3 is 10.5 Å². The summed E-state index contributed by atoms with van der Waals surface area (Å²) in [7, 11) is 1.60. The first-order valence-electron chi connectivity index (χ1n) is 4.57. The van der Waals surface area contributed by atoms with E-state index in [4.69, 9.17) is 21.1 Å². The van der Waals surface area contributed by atoms with Gasteiger partial charge in [-0.1, -0.05) is 12.1 Å². The van der Waals surface area contributed by atoms with Crippen LogP contribution in [0, 0.1) is 5.41 Å². The van der Waals surface area contributed by atoms with Crippen molar-refractivity contribution in [3.8, 4) is 5.75 Å². The fraction of sp³-hybridized carbons (Fsp3) is 0.300. The number of nitrogens with zero attached hydrogens (tertiary/aromatic N) is 1. The highest BCUT2D eigenvalue weighted by Crippen LogP contribution is 2.12. The number of methoxy groups -OCH3 is 1. The average Bonchev–Trinajstić information content (AvgIpc) is 2.26. The standard InChI is InChI=1S/C10H15N3O2/c1-15-9-4-2-3-8(7-9)5-6-13(14)10(11)12/h2-4,7,14H,5-6H2,1H3,(H3,11,12). The molecule has 0 radical (unpaired) electrons. The molecular formula is C10H15N3O2. The first-order chi connectivity index (χ1) is 7.13. The number of benzene rings is 1. The molecule has 15 heavy (non-hydrogen) atoms. The van der Waals surface area contributed by atoms with Crippen LogP contribution in [0.15, 0.2) is 24.3 Å². The van der Waals surface area contributed by atoms with E-state index in [9.17, 15) is 0 Å². The summed E-state index contributed by atoms with van der Waals surface area (Å²) in [4.78, 5) is 0. The molecule has 0 spiro atoms. The molecule has 0 aliphatic rings. The summed E-state index contributed by atoms with van der Waals surface area (Å²) in [6, 6.07) is 7.54. The van der Waals surface area contributed by atoms with Gasteiger partial charge in [0.05, 0.1) is 13.7 Å². The Morgan fingerprint density at radius 1 is 1.60 bits per heavy atom. The van der Waals surface area contributed by atoms with Crippen LogP contribution < -0.4 is 10.5 Å². The Bertz CT molecular complexity index is 341. The minimum absolute atomic E-state index is 0.294. The summed E-state index contributed by atoms with van der Waals surface area (Å²) in [5.74, 6) is 0.428. The van der Waals surface area contributed by atoms with Gasteiger partial charge in [-0.2, -0.15) is 0 Å². The van der Waals surface area contributed by atoms with E-state index in [2.05, 4.69) is 0 Å². The van der Waals surface area contributed by atoms with Gasteiger partial charge in [0.2, 0.25) is 5.96 Å². The summed E-state index contributed by atoms with van der Waals surface area (Å²) in [5, 5.41) is 16.8. The monoisotopic (exact) mass is 209 g/mol. The fourth-order valence-corrected chi connectivity index (χ4v) is 1.18. The molecule has 5 heteroatoms. The Morgan fingerprint density at radius 3 is 2.93 bits per heavy atom. The lowest BCUT2D eigenvalue weighted by Crippen LogP contribution is -2.34. The maximum absolute atomic E-state index is 9.17. The molecule has 0 aliphatic heterocycles. The average molecular weight is 209 g/mol. The number of hydrogen-bond acceptors (Lipinski definition) is 3. The molecule has 0 aromatic heterocycles. The molecule has 1 aromatic rings. The Balaban J connectivity index is 2.53. The Labute approximate surface area is 88.5 Å². The highest BCUT2D eigenvalue weighted by atomic mass is 16.5. The van der Waals surface area contributed by atoms with E-state index in [1.54, 1.807) is 7.11 Å². The van der Waals surface area contributed by atoms with Gasteiger partial charge in [0, 0.05) is 0 Å². The van der Waals surface area contributed by atoms with Crippen LogP contribution in [0.25, 0.3) is 0 Å². The van der Waals surface area contributed by atoms with Crippen LogP contribution in [0.4, 0.5) is 0 Å². The van der Waals surface area contributed by atoms with Crippen molar-refractivity contribution in [1.29, 1.82) is 5.41 Å². The third-order valence-corrected chi connectivity index (χ3v) is 2.02. The number of nitrogens with one attached hydrogen (secondary N) is 1. The van der Waals surface area contributed by atoms with Gasteiger partial charge in [-0.05, 0) is 24.1 Å². The van der Waals surface area contributed by atoms with Crippen molar-refractivity contribution in [3.05, 3.63) is 29.8 Å². The van der Waals surface area contributed by atoms with Crippen molar-refractivity contribution < 1.29 is 9.94 Å². The van der Waals surface area contributed by atoms with E-state index in [1.807, 2.05) is 24.3 Å². The van der Waals surface area contributed by atoms with E-state index in [1.165, 1.54) is 0 Å². The molecule has 0 fully saturated rings. The van der Waals surface area contributed by atoms with Crippen LogP contribution in [0.1, 0.15) is 5.56 Å². The maximum atomic E-state index is 9.17. The first kappa shape index (κ1) is 11.3. The largest absolute Gasteiger partial charge is 0.497 e. The van der Waals surface area contributed by atoms with Crippen LogP contribution >= 0.6 is 0 Å². The molecule has 0 bridgehead atoms. The van der Waals surface area contributed by atoms with Crippen molar-refractivity contribution in [2.45, 2.75) is 6.42 Å². The third-order valence-electron chi connectivity index (χ3n) is 2.02. The number of rotatable bonds is 4. The van der Waals surface area contributed by atoms with Crippen molar-refractivity contribution in [2.24, 2.45) is 5.73 Å². The van der Waals surface area contributed by atoms with E-state index in [-0.39, 0.29) is 5.96 Å². The SMILES string of the molecule is COc1cccc(CCN(O)C(=N)N)c1. The third kappa shape index (κ3) is 3.47. The zero-order valence-corrected chi connectivity index (χ0v) is 8.60. The number of hydrogen-bond donors (Lipinski definition) is 3. The lowest BCUT2D eigenvalue weighted by atomic mass is 10.1. The van der Waals surface area contributed by atoms with Crippen LogP contribution in [-0.2, 0) is 6.42 Å². The highest BCUT2D eigenvalue weighted by Gasteiger charge is 2.02. The second kappa shape index (κ2) is 5.21. The minimum atomic E-state index is -0.349. The van der Waals surface area contributed by atoms with Crippen molar-refractivity contribution in [3.63, 3.8) is 0 Å². The van der Waals surface area contributed by atoms with Gasteiger partial charge in [-0.15, -0.1) is 0 Å². The number of nitrogens with two attached hydrogens (primary N) is 1. The van der Waals surface area contributed by atoms with Crippen LogP contribution in [0.2, 0.25) is 0 Å². The van der Waals surface area contributed by atoms with Crippen LogP contribution in [0.5, 0.6) is 5.75 Å². The molecule has 1 rings (SSSR count). The maximum Gasteiger partial charge on any atom is 0.212 e. The predicted octanol–water partition coefficient (Wildman–Crippen LogP) is 0.822. The Kier molecular flexibility index (Phi) is 3.93. The smallest absolute Gasteiger partial charge is 0.212 e. The predicted molar refractivity (Wildman–Crippen MR) is 57.1 cm³/mol. The normalized spacial score (nSPS) is 9.73. The first-order valence-corrected chi connectivity index (χ1v) is 4.57. The summed E-state index contributed by atoms with van der Waals surface area (Å²) in [6.45, 7) is 0.294. The molecule has 82 valence electrons. The minimum Gasteiger partial charge on any atom is -0.497 e. The highest BCUT2D eigenvalue weighted by molar-refractivity contribution is 5.73. The molecule has 0 saturated carbocycles. The number of hydroxylamine groups is 2. The lowest BCUT2D eigenvalue weighted by molar-refractivity contribution is -0.0158. The van der Waals surface area contributed by atoms with Crippen molar-refractivity contribution in [1.82, 2.24) is 5.06 Å². The number of guanidine groups is 1. The van der Waals surface area contributed by atoms with Gasteiger partial charge >= 0.3 is 0 Å². The number of ether oxygens (including phenoxy) is 1. The van der Waals surface area contributed by atoms with Gasteiger partial charge in [-0.25, -0.2) is 5.06 Å². The van der Waals surface area contributed by atoms with Gasteiger partial charge in [-0.3, -0.25) is 10.6 Å². The molecule has 0 atom stereocenters. The Hall–Kier alpha value is -1.75. The second-order valence-corrected chi connectivity index (χ2v) is 3.11. The summed E-state index contributed by atoms with van der Waals surface area (Å²) < 4.78 is 5.07. The Morgan fingerprint density at radius 2 is 2.33 bits per heavy atom. The van der Waals surface area contributed by atoms with Gasteiger partial charge in [0.25, 0.3) is 0 Å². The topological polar surface area (TPSA) is 82.6 Å². The van der Waals surface area contributed by atoms with E-state index in [0.717, 1.165) is 11.3 Å². The van der Waals surface area contributed by atoms with Crippen molar-refractivity contribution >= 4 is 5.96 Å². The second-order valence-electron chi connectivity index (χ2n) is 3.11. The molecule has 0 heterocycles. The molecule has 0 saturated heterocycles. The molecule has 0 amide bonds. The summed E-state index contributed by atoms with van der Waals surface area (Å²) in [5.41, 5.74) is 6.11. The molecule has 1 aromatic carbocycles. The van der Waals surface area contributed by atoms with Gasteiger partial charge in [0.1, 0.15) is 5.75 Å². The zero-order valence-electron chi connectivity index (χ0n) is 8.60. The van der Waals surface area contributed by atoms with E-state index >= 15 is 0 Å².